The Morgan fingerprint density at radius 3 is 2.60 bits per heavy atom. The highest BCUT2D eigenvalue weighted by Crippen LogP contribution is 2.32. The molecule has 3 heteroatoms. The summed E-state index contributed by atoms with van der Waals surface area (Å²) in [7, 11) is 0. The van der Waals surface area contributed by atoms with Crippen LogP contribution in [-0.2, 0) is 6.42 Å². The van der Waals surface area contributed by atoms with Crippen molar-refractivity contribution in [3.05, 3.63) is 38.4 Å². The second-order valence-electron chi connectivity index (χ2n) is 3.53. The largest absolute Gasteiger partial charge is 0.252 e. The van der Waals surface area contributed by atoms with E-state index in [1.54, 1.807) is 0 Å². The highest BCUT2D eigenvalue weighted by Gasteiger charge is 2.08. The monoisotopic (exact) mass is 327 g/mol. The van der Waals surface area contributed by atoms with E-state index in [4.69, 9.17) is 0 Å². The van der Waals surface area contributed by atoms with Gasteiger partial charge in [0.1, 0.15) is 0 Å². The number of fused-ring (bicyclic) bond motifs is 1. The standard InChI is InChI=1S/C12H11Br2N/c1-3-8-4-5-10-9(6-8)12(14)11(13)7(2)15-10/h4-6H,3H2,1-2H3. The van der Waals surface area contributed by atoms with E-state index in [2.05, 4.69) is 62.0 Å². The number of aromatic nitrogens is 1. The van der Waals surface area contributed by atoms with Gasteiger partial charge in [-0.2, -0.15) is 0 Å². The molecule has 15 heavy (non-hydrogen) atoms. The van der Waals surface area contributed by atoms with E-state index < -0.39 is 0 Å². The van der Waals surface area contributed by atoms with Gasteiger partial charge in [0.05, 0.1) is 15.7 Å². The van der Waals surface area contributed by atoms with Crippen molar-refractivity contribution in [2.75, 3.05) is 0 Å². The molecule has 0 saturated heterocycles. The molecule has 1 aromatic heterocycles. The quantitative estimate of drug-likeness (QED) is 0.743. The van der Waals surface area contributed by atoms with Crippen molar-refractivity contribution >= 4 is 42.8 Å². The highest BCUT2D eigenvalue weighted by molar-refractivity contribution is 9.13. The second kappa shape index (κ2) is 4.22. The predicted molar refractivity (Wildman–Crippen MR) is 71.3 cm³/mol. The fourth-order valence-electron chi connectivity index (χ4n) is 1.58. The molecule has 0 radical (unpaired) electrons. The molecule has 0 saturated carbocycles. The van der Waals surface area contributed by atoms with Crippen LogP contribution in [0.4, 0.5) is 0 Å². The third kappa shape index (κ3) is 1.95. The first-order valence-electron chi connectivity index (χ1n) is 4.87. The zero-order valence-corrected chi connectivity index (χ0v) is 11.8. The predicted octanol–water partition coefficient (Wildman–Crippen LogP) is 4.63. The van der Waals surface area contributed by atoms with E-state index in [0.29, 0.717) is 0 Å². The zero-order valence-electron chi connectivity index (χ0n) is 8.64. The Bertz CT molecular complexity index is 521. The molecule has 0 aliphatic heterocycles. The van der Waals surface area contributed by atoms with Crippen LogP contribution in [0.15, 0.2) is 27.1 Å². The summed E-state index contributed by atoms with van der Waals surface area (Å²) in [5, 5.41) is 1.17. The SMILES string of the molecule is CCc1ccc2nc(C)c(Br)c(Br)c2c1. The van der Waals surface area contributed by atoms with E-state index in [9.17, 15) is 0 Å². The van der Waals surface area contributed by atoms with Crippen molar-refractivity contribution in [3.8, 4) is 0 Å². The minimum atomic E-state index is 1.01. The Kier molecular flexibility index (Phi) is 3.12. The maximum atomic E-state index is 4.53. The Morgan fingerprint density at radius 2 is 1.93 bits per heavy atom. The van der Waals surface area contributed by atoms with Gasteiger partial charge in [0.25, 0.3) is 0 Å². The first kappa shape index (κ1) is 11.1. The first-order valence-corrected chi connectivity index (χ1v) is 6.46. The van der Waals surface area contributed by atoms with E-state index in [1.165, 1.54) is 10.9 Å². The molecule has 0 aliphatic carbocycles. The molecule has 0 N–H and O–H groups in total. The van der Waals surface area contributed by atoms with Crippen molar-refractivity contribution in [1.82, 2.24) is 4.98 Å². The Morgan fingerprint density at radius 1 is 1.20 bits per heavy atom. The molecule has 0 unspecified atom stereocenters. The van der Waals surface area contributed by atoms with E-state index >= 15 is 0 Å². The molecular weight excluding hydrogens is 318 g/mol. The number of nitrogens with zero attached hydrogens (tertiary/aromatic N) is 1. The van der Waals surface area contributed by atoms with E-state index in [1.807, 2.05) is 6.92 Å². The van der Waals surface area contributed by atoms with Crippen LogP contribution in [0.25, 0.3) is 10.9 Å². The molecule has 0 bridgehead atoms. The Balaban J connectivity index is 2.81. The van der Waals surface area contributed by atoms with Crippen LogP contribution in [0.5, 0.6) is 0 Å². The molecule has 0 fully saturated rings. The van der Waals surface area contributed by atoms with Gasteiger partial charge in [0.15, 0.2) is 0 Å². The second-order valence-corrected chi connectivity index (χ2v) is 5.12. The summed E-state index contributed by atoms with van der Waals surface area (Å²) < 4.78 is 2.14. The molecule has 2 rings (SSSR count). The molecule has 1 nitrogen and oxygen atoms in total. The minimum absolute atomic E-state index is 1.01. The lowest BCUT2D eigenvalue weighted by Gasteiger charge is -2.07. The summed E-state index contributed by atoms with van der Waals surface area (Å²) in [6.07, 6.45) is 1.05. The molecule has 0 atom stereocenters. The summed E-state index contributed by atoms with van der Waals surface area (Å²) in [6.45, 7) is 4.16. The number of benzene rings is 1. The van der Waals surface area contributed by atoms with Gasteiger partial charge in [-0.05, 0) is 62.9 Å². The lowest BCUT2D eigenvalue weighted by Crippen LogP contribution is -1.89. The van der Waals surface area contributed by atoms with E-state index in [-0.39, 0.29) is 0 Å². The van der Waals surface area contributed by atoms with Gasteiger partial charge < -0.3 is 0 Å². The molecule has 78 valence electrons. The van der Waals surface area contributed by atoms with Crippen LogP contribution in [0.2, 0.25) is 0 Å². The normalized spacial score (nSPS) is 10.9. The van der Waals surface area contributed by atoms with Crippen LogP contribution < -0.4 is 0 Å². The Hall–Kier alpha value is -0.410. The zero-order chi connectivity index (χ0) is 11.0. The van der Waals surface area contributed by atoms with Crippen molar-refractivity contribution in [3.63, 3.8) is 0 Å². The fraction of sp³-hybridized carbons (Fsp3) is 0.250. The first-order chi connectivity index (χ1) is 7.13. The maximum absolute atomic E-state index is 4.53. The maximum Gasteiger partial charge on any atom is 0.0717 e. The van der Waals surface area contributed by atoms with Crippen molar-refractivity contribution in [1.29, 1.82) is 0 Å². The number of halogens is 2. The van der Waals surface area contributed by atoms with Gasteiger partial charge in [-0.25, -0.2) is 0 Å². The summed E-state index contributed by atoms with van der Waals surface area (Å²) in [4.78, 5) is 4.53. The van der Waals surface area contributed by atoms with Crippen LogP contribution in [0.1, 0.15) is 18.2 Å². The topological polar surface area (TPSA) is 12.9 Å². The van der Waals surface area contributed by atoms with Gasteiger partial charge in [-0.3, -0.25) is 4.98 Å². The lowest BCUT2D eigenvalue weighted by atomic mass is 10.1. The number of pyridine rings is 1. The van der Waals surface area contributed by atoms with E-state index in [0.717, 1.165) is 26.6 Å². The van der Waals surface area contributed by atoms with Crippen LogP contribution in [0, 0.1) is 6.92 Å². The molecular formula is C12H11Br2N. The average Bonchev–Trinajstić information content (AvgIpc) is 2.26. The summed E-state index contributed by atoms with van der Waals surface area (Å²) in [6, 6.07) is 6.41. The van der Waals surface area contributed by atoms with Gasteiger partial charge in [0.2, 0.25) is 0 Å². The van der Waals surface area contributed by atoms with Crippen molar-refractivity contribution in [2.45, 2.75) is 20.3 Å². The van der Waals surface area contributed by atoms with Gasteiger partial charge >= 0.3 is 0 Å². The summed E-state index contributed by atoms with van der Waals surface area (Å²) in [5.74, 6) is 0. The average molecular weight is 329 g/mol. The van der Waals surface area contributed by atoms with Crippen LogP contribution in [0.3, 0.4) is 0 Å². The van der Waals surface area contributed by atoms with Gasteiger partial charge in [-0.15, -0.1) is 0 Å². The Labute approximate surface area is 106 Å². The molecule has 0 spiro atoms. The number of hydrogen-bond donors (Lipinski definition) is 0. The fourth-order valence-corrected chi connectivity index (χ4v) is 2.49. The van der Waals surface area contributed by atoms with Crippen LogP contribution >= 0.6 is 31.9 Å². The highest BCUT2D eigenvalue weighted by atomic mass is 79.9. The smallest absolute Gasteiger partial charge is 0.0717 e. The van der Waals surface area contributed by atoms with Crippen molar-refractivity contribution in [2.24, 2.45) is 0 Å². The lowest BCUT2D eigenvalue weighted by molar-refractivity contribution is 1.14. The third-order valence-electron chi connectivity index (χ3n) is 2.50. The third-order valence-corrected chi connectivity index (χ3v) is 4.83. The molecule has 1 aromatic carbocycles. The number of rotatable bonds is 1. The van der Waals surface area contributed by atoms with Gasteiger partial charge in [0, 0.05) is 9.86 Å². The van der Waals surface area contributed by atoms with Crippen molar-refractivity contribution < 1.29 is 0 Å². The van der Waals surface area contributed by atoms with Gasteiger partial charge in [-0.1, -0.05) is 13.0 Å². The minimum Gasteiger partial charge on any atom is -0.252 e. The summed E-state index contributed by atoms with van der Waals surface area (Å²) in [5.41, 5.74) is 3.39. The molecule has 2 aromatic rings. The molecule has 0 amide bonds. The number of aryl methyl sites for hydroxylation is 2. The molecule has 0 aliphatic rings. The molecule has 1 heterocycles. The number of hydrogen-bond acceptors (Lipinski definition) is 1. The summed E-state index contributed by atoms with van der Waals surface area (Å²) >= 11 is 7.15. The van der Waals surface area contributed by atoms with Crippen LogP contribution in [-0.4, -0.2) is 4.98 Å².